The van der Waals surface area contributed by atoms with Crippen molar-refractivity contribution in [2.75, 3.05) is 0 Å². The lowest BCUT2D eigenvalue weighted by atomic mass is 9.96. The van der Waals surface area contributed by atoms with Crippen LogP contribution in [-0.4, -0.2) is 4.57 Å². The molecular formula is C27H21N. The molecule has 1 aliphatic rings. The number of aryl methyl sites for hydroxylation is 1. The first-order valence-corrected chi connectivity index (χ1v) is 9.71. The Morgan fingerprint density at radius 3 is 1.96 bits per heavy atom. The van der Waals surface area contributed by atoms with Gasteiger partial charge in [-0.1, -0.05) is 96.3 Å². The van der Waals surface area contributed by atoms with Gasteiger partial charge >= 0.3 is 0 Å². The maximum atomic E-state index is 3.55. The van der Waals surface area contributed by atoms with Gasteiger partial charge in [0.1, 0.15) is 6.04 Å². The Morgan fingerprint density at radius 2 is 1.29 bits per heavy atom. The van der Waals surface area contributed by atoms with Crippen LogP contribution in [0.1, 0.15) is 23.1 Å². The summed E-state index contributed by atoms with van der Waals surface area (Å²) in [6.45, 7) is 2.12. The van der Waals surface area contributed by atoms with Gasteiger partial charge in [0, 0.05) is 10.8 Å². The van der Waals surface area contributed by atoms with Crippen LogP contribution in [0.4, 0.5) is 0 Å². The standard InChI is InChI=1S/C27H21N/c1-20-14-16-22(17-15-20)21-8-2-3-9-23(19-18-21)28-26-12-6-4-10-24(26)25-11-5-7-13-27(25)28/h2-17,21,23H,1H3/b8-2-,9-3-. The Kier molecular flexibility index (Phi) is 4.11. The van der Waals surface area contributed by atoms with E-state index in [1.807, 2.05) is 0 Å². The minimum atomic E-state index is 0.00250. The molecule has 0 saturated heterocycles. The lowest BCUT2D eigenvalue weighted by molar-refractivity contribution is 0.803. The van der Waals surface area contributed by atoms with Crippen LogP contribution in [0.2, 0.25) is 0 Å². The van der Waals surface area contributed by atoms with Crippen molar-refractivity contribution in [3.8, 4) is 11.8 Å². The van der Waals surface area contributed by atoms with E-state index < -0.39 is 0 Å². The molecule has 1 heteroatoms. The van der Waals surface area contributed by atoms with Crippen LogP contribution in [0, 0.1) is 18.8 Å². The summed E-state index contributed by atoms with van der Waals surface area (Å²) in [4.78, 5) is 0. The van der Waals surface area contributed by atoms with Gasteiger partial charge in [0.05, 0.1) is 17.0 Å². The van der Waals surface area contributed by atoms with E-state index in [0.717, 1.165) is 0 Å². The summed E-state index contributed by atoms with van der Waals surface area (Å²) in [5.74, 6) is 7.17. The highest BCUT2D eigenvalue weighted by molar-refractivity contribution is 6.08. The molecule has 1 heterocycles. The monoisotopic (exact) mass is 359 g/mol. The van der Waals surface area contributed by atoms with Gasteiger partial charge < -0.3 is 4.57 Å². The number of hydrogen-bond acceptors (Lipinski definition) is 0. The van der Waals surface area contributed by atoms with Crippen LogP contribution < -0.4 is 0 Å². The van der Waals surface area contributed by atoms with Gasteiger partial charge in [0.25, 0.3) is 0 Å². The molecule has 0 bridgehead atoms. The third-order valence-corrected chi connectivity index (χ3v) is 5.43. The van der Waals surface area contributed by atoms with Crippen LogP contribution >= 0.6 is 0 Å². The number of nitrogens with zero attached hydrogens (tertiary/aromatic N) is 1. The van der Waals surface area contributed by atoms with Crippen molar-refractivity contribution in [3.05, 3.63) is 108 Å². The second kappa shape index (κ2) is 6.91. The predicted molar refractivity (Wildman–Crippen MR) is 118 cm³/mol. The molecule has 0 spiro atoms. The third-order valence-electron chi connectivity index (χ3n) is 5.43. The maximum Gasteiger partial charge on any atom is 0.114 e. The summed E-state index contributed by atoms with van der Waals surface area (Å²) in [6, 6.07) is 25.9. The van der Waals surface area contributed by atoms with E-state index in [-0.39, 0.29) is 12.0 Å². The molecular weight excluding hydrogens is 338 g/mol. The highest BCUT2D eigenvalue weighted by Crippen LogP contribution is 2.32. The van der Waals surface area contributed by atoms with Gasteiger partial charge in [-0.2, -0.15) is 0 Å². The number of hydrogen-bond donors (Lipinski definition) is 0. The molecule has 2 unspecified atom stereocenters. The Morgan fingerprint density at radius 1 is 0.679 bits per heavy atom. The van der Waals surface area contributed by atoms with Gasteiger partial charge in [0.15, 0.2) is 0 Å². The summed E-state index contributed by atoms with van der Waals surface area (Å²) < 4.78 is 2.36. The van der Waals surface area contributed by atoms with Crippen molar-refractivity contribution in [3.63, 3.8) is 0 Å². The summed E-state index contributed by atoms with van der Waals surface area (Å²) >= 11 is 0. The zero-order valence-electron chi connectivity index (χ0n) is 15.8. The molecule has 4 aromatic rings. The molecule has 1 aliphatic carbocycles. The van der Waals surface area contributed by atoms with Crippen molar-refractivity contribution in [1.82, 2.24) is 4.57 Å². The first kappa shape index (κ1) is 16.7. The van der Waals surface area contributed by atoms with Crippen molar-refractivity contribution in [1.29, 1.82) is 0 Å². The van der Waals surface area contributed by atoms with Crippen LogP contribution in [0.15, 0.2) is 97.1 Å². The number of fused-ring (bicyclic) bond motifs is 3. The van der Waals surface area contributed by atoms with E-state index in [2.05, 4.69) is 120 Å². The second-order valence-electron chi connectivity index (χ2n) is 7.30. The Bertz CT molecular complexity index is 1220. The van der Waals surface area contributed by atoms with Crippen molar-refractivity contribution < 1.29 is 0 Å². The average molecular weight is 359 g/mol. The molecule has 1 aromatic heterocycles. The Balaban J connectivity index is 1.66. The minimum absolute atomic E-state index is 0.00250. The summed E-state index contributed by atoms with van der Waals surface area (Å²) in [7, 11) is 0. The van der Waals surface area contributed by atoms with Crippen LogP contribution in [0.3, 0.4) is 0 Å². The third kappa shape index (κ3) is 2.84. The largest absolute Gasteiger partial charge is 0.322 e. The SMILES string of the molecule is Cc1ccc(C2C#CC(n3c4ccccc4c4ccccc43)/C=C\C=C/2)cc1. The van der Waals surface area contributed by atoms with Crippen molar-refractivity contribution in [2.45, 2.75) is 18.9 Å². The summed E-state index contributed by atoms with van der Waals surface area (Å²) in [5.41, 5.74) is 4.97. The van der Waals surface area contributed by atoms with Gasteiger partial charge in [0.2, 0.25) is 0 Å². The zero-order chi connectivity index (χ0) is 18.9. The van der Waals surface area contributed by atoms with Gasteiger partial charge in [-0.25, -0.2) is 0 Å². The molecule has 1 nitrogen and oxygen atoms in total. The first-order valence-electron chi connectivity index (χ1n) is 9.71. The lowest BCUT2D eigenvalue weighted by Crippen LogP contribution is -2.05. The molecule has 0 aliphatic heterocycles. The fourth-order valence-corrected chi connectivity index (χ4v) is 3.99. The highest BCUT2D eigenvalue weighted by atomic mass is 15.0. The van der Waals surface area contributed by atoms with Crippen LogP contribution in [-0.2, 0) is 0 Å². The molecule has 0 fully saturated rings. The van der Waals surface area contributed by atoms with Crippen LogP contribution in [0.25, 0.3) is 21.8 Å². The van der Waals surface area contributed by atoms with Gasteiger partial charge in [-0.3, -0.25) is 0 Å². The maximum absolute atomic E-state index is 3.55. The number of rotatable bonds is 2. The quantitative estimate of drug-likeness (QED) is 0.357. The van der Waals surface area contributed by atoms with E-state index in [1.165, 1.54) is 32.9 Å². The second-order valence-corrected chi connectivity index (χ2v) is 7.30. The molecule has 0 N–H and O–H groups in total. The molecule has 2 atom stereocenters. The lowest BCUT2D eigenvalue weighted by Gasteiger charge is -2.14. The van der Waals surface area contributed by atoms with Crippen molar-refractivity contribution in [2.24, 2.45) is 0 Å². The molecule has 0 amide bonds. The minimum Gasteiger partial charge on any atom is -0.322 e. The first-order chi connectivity index (χ1) is 13.8. The predicted octanol–water partition coefficient (Wildman–Crippen LogP) is 6.56. The molecule has 0 saturated carbocycles. The normalized spacial score (nSPS) is 20.9. The van der Waals surface area contributed by atoms with E-state index in [9.17, 15) is 0 Å². The smallest absolute Gasteiger partial charge is 0.114 e. The Labute approximate surface area is 165 Å². The summed E-state index contributed by atoms with van der Waals surface area (Å²) in [6.07, 6.45) is 8.62. The molecule has 28 heavy (non-hydrogen) atoms. The highest BCUT2D eigenvalue weighted by Gasteiger charge is 2.15. The topological polar surface area (TPSA) is 4.93 Å². The van der Waals surface area contributed by atoms with Gasteiger partial charge in [-0.15, -0.1) is 0 Å². The number of allylic oxidation sites excluding steroid dienone is 4. The fraction of sp³-hybridized carbons (Fsp3) is 0.111. The molecule has 5 rings (SSSR count). The van der Waals surface area contributed by atoms with E-state index in [1.54, 1.807) is 0 Å². The fourth-order valence-electron chi connectivity index (χ4n) is 3.99. The van der Waals surface area contributed by atoms with E-state index in [0.29, 0.717) is 0 Å². The van der Waals surface area contributed by atoms with Gasteiger partial charge in [-0.05, 0) is 30.7 Å². The molecule has 134 valence electrons. The molecule has 3 aromatic carbocycles. The van der Waals surface area contributed by atoms with E-state index in [4.69, 9.17) is 0 Å². The average Bonchev–Trinajstić information content (AvgIpc) is 3.04. The van der Waals surface area contributed by atoms with E-state index >= 15 is 0 Å². The van der Waals surface area contributed by atoms with Crippen molar-refractivity contribution >= 4 is 21.8 Å². The Hall–Kier alpha value is -3.50. The van der Waals surface area contributed by atoms with Crippen LogP contribution in [0.5, 0.6) is 0 Å². The zero-order valence-corrected chi connectivity index (χ0v) is 15.8. The number of para-hydroxylation sites is 2. The summed E-state index contributed by atoms with van der Waals surface area (Å²) in [5, 5.41) is 2.56. The number of aromatic nitrogens is 1. The molecule has 0 radical (unpaired) electrons. The number of benzene rings is 3.